The zero-order chi connectivity index (χ0) is 15.2. The Morgan fingerprint density at radius 1 is 1.24 bits per heavy atom. The van der Waals surface area contributed by atoms with Crippen LogP contribution in [0, 0.1) is 5.92 Å². The number of halogens is 1. The molecule has 0 fully saturated rings. The summed E-state index contributed by atoms with van der Waals surface area (Å²) in [5.74, 6) is 0.655. The molecule has 2 rings (SSSR count). The van der Waals surface area contributed by atoms with Gasteiger partial charge in [-0.2, -0.15) is 0 Å². The number of aromatic nitrogens is 1. The van der Waals surface area contributed by atoms with Crippen LogP contribution in [0.2, 0.25) is 5.02 Å². The molecular weight excluding hydrogens is 280 g/mol. The smallest absolute Gasteiger partial charge is 0.0640 e. The second-order valence-corrected chi connectivity index (χ2v) is 6.14. The first kappa shape index (κ1) is 16.0. The Hall–Kier alpha value is -1.38. The molecule has 1 aromatic heterocycles. The third kappa shape index (κ3) is 4.29. The van der Waals surface area contributed by atoms with Crippen molar-refractivity contribution < 1.29 is 0 Å². The minimum Gasteiger partial charge on any atom is -0.306 e. The zero-order valence-corrected chi connectivity index (χ0v) is 13.7. The standard InChI is InChI=1S/C18H23ClN2/c1-4-21-18(16-8-9-20-12-17(16)19)15-7-5-6-14(11-15)10-13(2)3/h5-9,11-13,18,21H,4,10H2,1-3H3. The van der Waals surface area contributed by atoms with E-state index in [0.717, 1.165) is 18.5 Å². The largest absolute Gasteiger partial charge is 0.306 e. The van der Waals surface area contributed by atoms with Crippen LogP contribution >= 0.6 is 11.6 Å². The summed E-state index contributed by atoms with van der Waals surface area (Å²) in [6.07, 6.45) is 4.60. The van der Waals surface area contributed by atoms with Crippen molar-refractivity contribution in [3.8, 4) is 0 Å². The fourth-order valence-electron chi connectivity index (χ4n) is 2.60. The Balaban J connectivity index is 2.36. The molecule has 0 amide bonds. The van der Waals surface area contributed by atoms with E-state index in [-0.39, 0.29) is 6.04 Å². The normalized spacial score (nSPS) is 12.6. The minimum atomic E-state index is 0.109. The summed E-state index contributed by atoms with van der Waals surface area (Å²) >= 11 is 6.33. The van der Waals surface area contributed by atoms with E-state index in [1.807, 2.05) is 6.07 Å². The summed E-state index contributed by atoms with van der Waals surface area (Å²) in [4.78, 5) is 4.08. The Bertz CT molecular complexity index is 581. The molecule has 2 aromatic rings. The van der Waals surface area contributed by atoms with E-state index in [1.165, 1.54) is 11.1 Å². The predicted molar refractivity (Wildman–Crippen MR) is 89.8 cm³/mol. The van der Waals surface area contributed by atoms with Crippen molar-refractivity contribution in [1.29, 1.82) is 0 Å². The highest BCUT2D eigenvalue weighted by Gasteiger charge is 2.16. The lowest BCUT2D eigenvalue weighted by Crippen LogP contribution is -2.22. The van der Waals surface area contributed by atoms with Crippen molar-refractivity contribution in [1.82, 2.24) is 10.3 Å². The monoisotopic (exact) mass is 302 g/mol. The molecule has 0 spiro atoms. The highest BCUT2D eigenvalue weighted by atomic mass is 35.5. The summed E-state index contributed by atoms with van der Waals surface area (Å²) < 4.78 is 0. The van der Waals surface area contributed by atoms with E-state index < -0.39 is 0 Å². The van der Waals surface area contributed by atoms with E-state index in [0.29, 0.717) is 10.9 Å². The third-order valence-electron chi connectivity index (χ3n) is 3.45. The maximum atomic E-state index is 6.33. The molecule has 0 aliphatic carbocycles. The fourth-order valence-corrected chi connectivity index (χ4v) is 2.83. The average molecular weight is 303 g/mol. The minimum absolute atomic E-state index is 0.109. The third-order valence-corrected chi connectivity index (χ3v) is 3.77. The molecular formula is C18H23ClN2. The molecule has 0 bridgehead atoms. The Kier molecular flexibility index (Phi) is 5.77. The quantitative estimate of drug-likeness (QED) is 0.841. The molecule has 0 saturated carbocycles. The van der Waals surface area contributed by atoms with E-state index in [9.17, 15) is 0 Å². The van der Waals surface area contributed by atoms with Crippen molar-refractivity contribution in [2.45, 2.75) is 33.2 Å². The van der Waals surface area contributed by atoms with Crippen molar-refractivity contribution in [2.24, 2.45) is 5.92 Å². The van der Waals surface area contributed by atoms with Gasteiger partial charge in [-0.3, -0.25) is 4.98 Å². The Morgan fingerprint density at radius 3 is 2.71 bits per heavy atom. The van der Waals surface area contributed by atoms with Crippen LogP contribution in [0.15, 0.2) is 42.7 Å². The van der Waals surface area contributed by atoms with Gasteiger partial charge in [-0.25, -0.2) is 0 Å². The molecule has 21 heavy (non-hydrogen) atoms. The van der Waals surface area contributed by atoms with Crippen molar-refractivity contribution in [3.63, 3.8) is 0 Å². The fraction of sp³-hybridized carbons (Fsp3) is 0.389. The van der Waals surface area contributed by atoms with Gasteiger partial charge in [0.2, 0.25) is 0 Å². The first-order valence-electron chi connectivity index (χ1n) is 7.53. The SMILES string of the molecule is CCNC(c1cccc(CC(C)C)c1)c1ccncc1Cl. The Morgan fingerprint density at radius 2 is 2.05 bits per heavy atom. The molecule has 1 N–H and O–H groups in total. The van der Waals surface area contributed by atoms with Crippen molar-refractivity contribution >= 4 is 11.6 Å². The number of rotatable bonds is 6. The second kappa shape index (κ2) is 7.58. The summed E-state index contributed by atoms with van der Waals surface area (Å²) in [5.41, 5.74) is 3.70. The number of hydrogen-bond donors (Lipinski definition) is 1. The Labute approximate surface area is 132 Å². The topological polar surface area (TPSA) is 24.9 Å². The van der Waals surface area contributed by atoms with Crippen LogP contribution in [0.4, 0.5) is 0 Å². The van der Waals surface area contributed by atoms with Gasteiger partial charge in [0.1, 0.15) is 0 Å². The number of benzene rings is 1. The maximum absolute atomic E-state index is 6.33. The lowest BCUT2D eigenvalue weighted by molar-refractivity contribution is 0.623. The number of hydrogen-bond acceptors (Lipinski definition) is 2. The van der Waals surface area contributed by atoms with Crippen LogP contribution in [0.25, 0.3) is 0 Å². The van der Waals surface area contributed by atoms with Crippen LogP contribution < -0.4 is 5.32 Å². The van der Waals surface area contributed by atoms with Crippen LogP contribution in [-0.2, 0) is 6.42 Å². The average Bonchev–Trinajstić information content (AvgIpc) is 2.45. The van der Waals surface area contributed by atoms with E-state index in [1.54, 1.807) is 12.4 Å². The van der Waals surface area contributed by atoms with E-state index >= 15 is 0 Å². The van der Waals surface area contributed by atoms with Crippen LogP contribution in [0.1, 0.15) is 43.5 Å². The van der Waals surface area contributed by atoms with Crippen molar-refractivity contribution in [3.05, 3.63) is 64.4 Å². The maximum Gasteiger partial charge on any atom is 0.0640 e. The molecule has 1 aromatic carbocycles. The lowest BCUT2D eigenvalue weighted by Gasteiger charge is -2.21. The molecule has 3 heteroatoms. The van der Waals surface area contributed by atoms with Gasteiger partial charge >= 0.3 is 0 Å². The molecule has 1 heterocycles. The molecule has 0 aliphatic heterocycles. The van der Waals surface area contributed by atoms with Gasteiger partial charge in [-0.15, -0.1) is 0 Å². The molecule has 0 radical (unpaired) electrons. The van der Waals surface area contributed by atoms with Gasteiger partial charge in [0.05, 0.1) is 11.1 Å². The van der Waals surface area contributed by atoms with Gasteiger partial charge in [-0.05, 0) is 41.6 Å². The number of pyridine rings is 1. The van der Waals surface area contributed by atoms with Crippen LogP contribution in [0.5, 0.6) is 0 Å². The van der Waals surface area contributed by atoms with Crippen LogP contribution in [-0.4, -0.2) is 11.5 Å². The molecule has 1 atom stereocenters. The second-order valence-electron chi connectivity index (χ2n) is 5.73. The van der Waals surface area contributed by atoms with Crippen molar-refractivity contribution in [2.75, 3.05) is 6.54 Å². The number of nitrogens with one attached hydrogen (secondary N) is 1. The van der Waals surface area contributed by atoms with E-state index in [4.69, 9.17) is 11.6 Å². The van der Waals surface area contributed by atoms with Gasteiger partial charge in [-0.1, -0.05) is 56.6 Å². The number of nitrogens with zero attached hydrogens (tertiary/aromatic N) is 1. The molecule has 0 saturated heterocycles. The molecule has 112 valence electrons. The first-order valence-corrected chi connectivity index (χ1v) is 7.91. The summed E-state index contributed by atoms with van der Waals surface area (Å²) in [7, 11) is 0. The highest BCUT2D eigenvalue weighted by molar-refractivity contribution is 6.31. The summed E-state index contributed by atoms with van der Waals surface area (Å²) in [6, 6.07) is 10.9. The lowest BCUT2D eigenvalue weighted by atomic mass is 9.95. The van der Waals surface area contributed by atoms with Gasteiger partial charge in [0.25, 0.3) is 0 Å². The molecule has 2 nitrogen and oxygen atoms in total. The summed E-state index contributed by atoms with van der Waals surface area (Å²) in [6.45, 7) is 7.49. The zero-order valence-electron chi connectivity index (χ0n) is 12.9. The first-order chi connectivity index (χ1) is 10.1. The van der Waals surface area contributed by atoms with E-state index in [2.05, 4.69) is 55.3 Å². The predicted octanol–water partition coefficient (Wildman–Crippen LogP) is 4.63. The van der Waals surface area contributed by atoms with Gasteiger partial charge in [0, 0.05) is 12.4 Å². The molecule has 0 aliphatic rings. The molecule has 1 unspecified atom stereocenters. The highest BCUT2D eigenvalue weighted by Crippen LogP contribution is 2.28. The van der Waals surface area contributed by atoms with Crippen LogP contribution in [0.3, 0.4) is 0 Å². The van der Waals surface area contributed by atoms with Gasteiger partial charge in [0.15, 0.2) is 0 Å². The van der Waals surface area contributed by atoms with Gasteiger partial charge < -0.3 is 5.32 Å². The summed E-state index contributed by atoms with van der Waals surface area (Å²) in [5, 5.41) is 4.23.